The molecule has 0 radical (unpaired) electrons. The number of piperidine rings is 1. The van der Waals surface area contributed by atoms with Gasteiger partial charge in [-0.25, -0.2) is 13.2 Å². The fourth-order valence-corrected chi connectivity index (χ4v) is 6.55. The highest BCUT2D eigenvalue weighted by atomic mass is 19.2. The number of aromatic nitrogens is 1. The van der Waals surface area contributed by atoms with Crippen molar-refractivity contribution in [3.05, 3.63) is 71.7 Å². The van der Waals surface area contributed by atoms with E-state index >= 15 is 0 Å². The topological polar surface area (TPSA) is 91.2 Å². The number of fused-ring (bicyclic) bond motifs is 1. The van der Waals surface area contributed by atoms with Crippen LogP contribution in [0.25, 0.3) is 10.9 Å². The van der Waals surface area contributed by atoms with Gasteiger partial charge in [0.1, 0.15) is 5.83 Å². The Morgan fingerprint density at radius 2 is 1.77 bits per heavy atom. The normalized spacial score (nSPS) is 27.3. The molecule has 1 saturated carbocycles. The van der Waals surface area contributed by atoms with Gasteiger partial charge in [-0.05, 0) is 74.1 Å². The SMILES string of the molecule is CC1C(F)=C(F)C(F)=CC1/C=C/C(=O)N1CCC([C@@H](NC2CCC(c3c[nH]c4ccccc34)CC2)C(N)=O)CC1. The minimum Gasteiger partial charge on any atom is -0.368 e. The molecule has 1 aliphatic heterocycles. The van der Waals surface area contributed by atoms with Crippen molar-refractivity contribution < 1.29 is 22.8 Å². The second-order valence-corrected chi connectivity index (χ2v) is 11.4. The lowest BCUT2D eigenvalue weighted by atomic mass is 9.80. The van der Waals surface area contributed by atoms with Crippen molar-refractivity contribution in [1.82, 2.24) is 15.2 Å². The number of nitrogens with zero attached hydrogens (tertiary/aromatic N) is 1. The first kappa shape index (κ1) is 28.2. The van der Waals surface area contributed by atoms with E-state index in [1.807, 2.05) is 6.07 Å². The molecule has 5 rings (SSSR count). The highest BCUT2D eigenvalue weighted by Crippen LogP contribution is 2.38. The van der Waals surface area contributed by atoms with Gasteiger partial charge in [0, 0.05) is 48.1 Å². The number of carbonyl (C=O) groups excluding carboxylic acids is 2. The molecule has 3 atom stereocenters. The number of halogens is 3. The summed E-state index contributed by atoms with van der Waals surface area (Å²) >= 11 is 0. The minimum atomic E-state index is -1.47. The third-order valence-electron chi connectivity index (χ3n) is 9.03. The van der Waals surface area contributed by atoms with Gasteiger partial charge in [-0.3, -0.25) is 9.59 Å². The largest absolute Gasteiger partial charge is 0.368 e. The summed E-state index contributed by atoms with van der Waals surface area (Å²) in [4.78, 5) is 30.2. The summed E-state index contributed by atoms with van der Waals surface area (Å²) in [5.74, 6) is -5.60. The molecule has 2 unspecified atom stereocenters. The van der Waals surface area contributed by atoms with E-state index in [0.29, 0.717) is 31.8 Å². The first-order valence-corrected chi connectivity index (χ1v) is 14.2. The molecule has 2 amide bonds. The number of benzene rings is 1. The Morgan fingerprint density at radius 1 is 1.07 bits per heavy atom. The van der Waals surface area contributed by atoms with Crippen LogP contribution in [-0.4, -0.2) is 46.9 Å². The predicted molar refractivity (Wildman–Crippen MR) is 149 cm³/mol. The quantitative estimate of drug-likeness (QED) is 0.384. The van der Waals surface area contributed by atoms with Gasteiger partial charge in [-0.1, -0.05) is 31.2 Å². The van der Waals surface area contributed by atoms with Gasteiger partial charge in [0.2, 0.25) is 11.8 Å². The van der Waals surface area contributed by atoms with Crippen LogP contribution in [0.15, 0.2) is 66.2 Å². The average molecular weight is 555 g/mol. The second kappa shape index (κ2) is 12.0. The summed E-state index contributed by atoms with van der Waals surface area (Å²) in [5.41, 5.74) is 8.34. The molecule has 1 saturated heterocycles. The summed E-state index contributed by atoms with van der Waals surface area (Å²) < 4.78 is 41.0. The van der Waals surface area contributed by atoms with E-state index < -0.39 is 35.4 Å². The van der Waals surface area contributed by atoms with Crippen LogP contribution in [-0.2, 0) is 9.59 Å². The molecule has 0 spiro atoms. The van der Waals surface area contributed by atoms with Gasteiger partial charge < -0.3 is 20.9 Å². The van der Waals surface area contributed by atoms with Crippen LogP contribution in [0.5, 0.6) is 0 Å². The Balaban J connectivity index is 1.12. The molecule has 0 bridgehead atoms. The van der Waals surface area contributed by atoms with E-state index in [0.717, 1.165) is 37.3 Å². The number of rotatable bonds is 7. The number of carbonyl (C=O) groups is 2. The van der Waals surface area contributed by atoms with Crippen LogP contribution in [0.1, 0.15) is 56.9 Å². The van der Waals surface area contributed by atoms with Crippen molar-refractivity contribution in [3.8, 4) is 0 Å². The number of para-hydroxylation sites is 1. The Labute approximate surface area is 232 Å². The lowest BCUT2D eigenvalue weighted by molar-refractivity contribution is -0.128. The molecule has 2 aliphatic carbocycles. The van der Waals surface area contributed by atoms with Gasteiger partial charge in [-0.15, -0.1) is 0 Å². The lowest BCUT2D eigenvalue weighted by Gasteiger charge is -2.38. The first-order chi connectivity index (χ1) is 19.2. The van der Waals surface area contributed by atoms with E-state index in [-0.39, 0.29) is 23.8 Å². The Bertz CT molecular complexity index is 1330. The third-order valence-corrected chi connectivity index (χ3v) is 9.03. The van der Waals surface area contributed by atoms with Crippen LogP contribution in [0.2, 0.25) is 0 Å². The number of amides is 2. The molecule has 1 aromatic carbocycles. The fourth-order valence-electron chi connectivity index (χ4n) is 6.55. The monoisotopic (exact) mass is 554 g/mol. The van der Waals surface area contributed by atoms with E-state index in [1.54, 1.807) is 4.90 Å². The zero-order valence-electron chi connectivity index (χ0n) is 22.7. The summed E-state index contributed by atoms with van der Waals surface area (Å²) in [6.07, 6.45) is 11.1. The average Bonchev–Trinajstić information content (AvgIpc) is 3.40. The van der Waals surface area contributed by atoms with E-state index in [2.05, 4.69) is 34.7 Å². The van der Waals surface area contributed by atoms with Crippen LogP contribution in [0.3, 0.4) is 0 Å². The standard InChI is InChI=1S/C31H37F3N4O2/c1-18-21(16-25(32)29(34)28(18)33)8-11-27(39)38-14-12-20(13-15-38)30(31(35)40)37-22-9-6-19(7-10-22)24-17-36-26-5-3-2-4-23(24)26/h2-5,8,11,16-22,30,36-37H,6-7,9-10,12-15H2,1H3,(H2,35,40)/b11-8+/t18?,19?,21?,22?,30-/m1/s1. The number of primary amides is 1. The van der Waals surface area contributed by atoms with Crippen molar-refractivity contribution in [2.45, 2.75) is 63.5 Å². The molecule has 9 heteroatoms. The molecular weight excluding hydrogens is 517 g/mol. The predicted octanol–water partition coefficient (Wildman–Crippen LogP) is 5.70. The van der Waals surface area contributed by atoms with Crippen molar-refractivity contribution in [2.24, 2.45) is 23.5 Å². The molecule has 4 N–H and O–H groups in total. The van der Waals surface area contributed by atoms with Gasteiger partial charge >= 0.3 is 0 Å². The number of H-pyrrole nitrogens is 1. The third kappa shape index (κ3) is 5.89. The molecule has 2 aromatic rings. The van der Waals surface area contributed by atoms with Crippen LogP contribution in [0.4, 0.5) is 13.2 Å². The zero-order chi connectivity index (χ0) is 28.4. The first-order valence-electron chi connectivity index (χ1n) is 14.2. The molecule has 3 aliphatic rings. The lowest BCUT2D eigenvalue weighted by Crippen LogP contribution is -2.54. The van der Waals surface area contributed by atoms with E-state index in [4.69, 9.17) is 5.73 Å². The maximum absolute atomic E-state index is 13.9. The van der Waals surface area contributed by atoms with Crippen molar-refractivity contribution >= 4 is 22.7 Å². The number of nitrogens with one attached hydrogen (secondary N) is 2. The summed E-state index contributed by atoms with van der Waals surface area (Å²) in [6.45, 7) is 2.37. The number of nitrogens with two attached hydrogens (primary N) is 1. The second-order valence-electron chi connectivity index (χ2n) is 11.4. The number of aromatic amines is 1. The van der Waals surface area contributed by atoms with Crippen LogP contribution >= 0.6 is 0 Å². The minimum absolute atomic E-state index is 0.0227. The summed E-state index contributed by atoms with van der Waals surface area (Å²) in [7, 11) is 0. The summed E-state index contributed by atoms with van der Waals surface area (Å²) in [6, 6.07) is 8.11. The smallest absolute Gasteiger partial charge is 0.246 e. The number of hydrogen-bond donors (Lipinski definition) is 3. The van der Waals surface area contributed by atoms with Crippen LogP contribution in [0, 0.1) is 17.8 Å². The van der Waals surface area contributed by atoms with Gasteiger partial charge in [-0.2, -0.15) is 0 Å². The molecule has 40 heavy (non-hydrogen) atoms. The molecule has 214 valence electrons. The highest BCUT2D eigenvalue weighted by molar-refractivity contribution is 5.88. The molecule has 1 aromatic heterocycles. The van der Waals surface area contributed by atoms with Gasteiger partial charge in [0.05, 0.1) is 6.04 Å². The maximum atomic E-state index is 13.9. The highest BCUT2D eigenvalue weighted by Gasteiger charge is 2.34. The van der Waals surface area contributed by atoms with Crippen LogP contribution < -0.4 is 11.1 Å². The molecular formula is C31H37F3N4O2. The van der Waals surface area contributed by atoms with Crippen molar-refractivity contribution in [1.29, 1.82) is 0 Å². The summed E-state index contributed by atoms with van der Waals surface area (Å²) in [5, 5.41) is 4.82. The molecule has 2 fully saturated rings. The molecule has 6 nitrogen and oxygen atoms in total. The zero-order valence-corrected chi connectivity index (χ0v) is 22.7. The Kier molecular flexibility index (Phi) is 8.49. The van der Waals surface area contributed by atoms with E-state index in [1.165, 1.54) is 30.0 Å². The molecule has 2 heterocycles. The fraction of sp³-hybridized carbons (Fsp3) is 0.484. The Hall–Kier alpha value is -3.33. The van der Waals surface area contributed by atoms with Crippen molar-refractivity contribution in [2.75, 3.05) is 13.1 Å². The van der Waals surface area contributed by atoms with Crippen molar-refractivity contribution in [3.63, 3.8) is 0 Å². The van der Waals surface area contributed by atoms with Gasteiger partial charge in [0.15, 0.2) is 11.7 Å². The maximum Gasteiger partial charge on any atom is 0.246 e. The van der Waals surface area contributed by atoms with E-state index in [9.17, 15) is 22.8 Å². The number of likely N-dealkylation sites (tertiary alicyclic amines) is 1. The number of allylic oxidation sites excluding steroid dienone is 5. The number of hydrogen-bond acceptors (Lipinski definition) is 3. The Morgan fingerprint density at radius 3 is 2.48 bits per heavy atom. The van der Waals surface area contributed by atoms with Gasteiger partial charge in [0.25, 0.3) is 0 Å².